The number of carbonyl (C=O) groups excluding carboxylic acids is 1. The molecule has 1 saturated carbocycles. The van der Waals surface area contributed by atoms with Crippen LogP contribution in [-0.4, -0.2) is 34.2 Å². The number of hydrogen-bond donors (Lipinski definition) is 3. The van der Waals surface area contributed by atoms with Crippen molar-refractivity contribution in [3.8, 4) is 11.8 Å². The van der Waals surface area contributed by atoms with Crippen LogP contribution < -0.4 is 10.6 Å². The van der Waals surface area contributed by atoms with Gasteiger partial charge in [-0.2, -0.15) is 0 Å². The Bertz CT molecular complexity index is 801. The molecule has 1 amide bonds. The van der Waals surface area contributed by atoms with Crippen molar-refractivity contribution >= 4 is 29.6 Å². The van der Waals surface area contributed by atoms with E-state index >= 15 is 0 Å². The molecular formula is C24H33Cl2N3O2. The maximum Gasteiger partial charge on any atom is 0.207 e. The van der Waals surface area contributed by atoms with Gasteiger partial charge in [0.25, 0.3) is 0 Å². The number of allylic oxidation sites excluding steroid dienone is 2. The number of nitrogens with zero attached hydrogens (tertiary/aromatic N) is 1. The standard InChI is InChI=1S/C16H18Cl2N2O.C8H15NO/c1-11-14(8-9-16(2,3)21)19-15(18)20(11)10-12-4-6-13(17)7-5-12;10-7-9-6-8-4-2-1-3-5-8/h4-7,15,19,21H,10H2,1-3H3;7-8H,1-6H2,(H,9,10). The summed E-state index contributed by atoms with van der Waals surface area (Å²) < 4.78 is 0. The molecule has 170 valence electrons. The molecule has 0 aromatic heterocycles. The van der Waals surface area contributed by atoms with Crippen molar-refractivity contribution in [2.24, 2.45) is 5.92 Å². The molecule has 1 aromatic rings. The summed E-state index contributed by atoms with van der Waals surface area (Å²) >= 11 is 12.2. The lowest BCUT2D eigenvalue weighted by molar-refractivity contribution is -0.109. The van der Waals surface area contributed by atoms with E-state index in [0.717, 1.165) is 35.8 Å². The van der Waals surface area contributed by atoms with Crippen LogP contribution in [0.1, 0.15) is 58.4 Å². The molecule has 0 radical (unpaired) electrons. The second-order valence-corrected chi connectivity index (χ2v) is 9.38. The predicted octanol–water partition coefficient (Wildman–Crippen LogP) is 4.59. The minimum Gasteiger partial charge on any atom is -0.378 e. The first kappa shape index (κ1) is 25.4. The highest BCUT2D eigenvalue weighted by Crippen LogP contribution is 2.25. The average Bonchev–Trinajstić information content (AvgIpc) is 3.00. The number of carbonyl (C=O) groups is 1. The number of hydrogen-bond acceptors (Lipinski definition) is 4. The zero-order valence-corrected chi connectivity index (χ0v) is 20.1. The Morgan fingerprint density at radius 1 is 1.26 bits per heavy atom. The zero-order valence-electron chi connectivity index (χ0n) is 18.5. The number of alkyl halides is 1. The lowest BCUT2D eigenvalue weighted by atomic mass is 9.89. The summed E-state index contributed by atoms with van der Waals surface area (Å²) in [5.41, 5.74) is 1.43. The highest BCUT2D eigenvalue weighted by Gasteiger charge is 2.26. The fourth-order valence-corrected chi connectivity index (χ4v) is 4.00. The van der Waals surface area contributed by atoms with Gasteiger partial charge in [-0.05, 0) is 63.1 Å². The predicted molar refractivity (Wildman–Crippen MR) is 127 cm³/mol. The van der Waals surface area contributed by atoms with Gasteiger partial charge in [-0.1, -0.05) is 60.5 Å². The van der Waals surface area contributed by atoms with Gasteiger partial charge < -0.3 is 20.6 Å². The Kier molecular flexibility index (Phi) is 10.0. The lowest BCUT2D eigenvalue weighted by Crippen LogP contribution is -2.31. The first-order valence-electron chi connectivity index (χ1n) is 10.7. The summed E-state index contributed by atoms with van der Waals surface area (Å²) in [7, 11) is 0. The SMILES string of the molecule is CC1=C(C#CC(C)(C)O)NC(Cl)N1Cc1ccc(Cl)cc1.O=CNCC1CCCCC1. The molecule has 0 spiro atoms. The molecule has 1 aliphatic heterocycles. The first-order valence-corrected chi connectivity index (χ1v) is 11.6. The summed E-state index contributed by atoms with van der Waals surface area (Å²) in [5.74, 6) is 6.50. The molecule has 1 fully saturated rings. The molecule has 0 saturated heterocycles. The minimum absolute atomic E-state index is 0.355. The molecule has 3 rings (SSSR count). The zero-order chi connectivity index (χ0) is 22.9. The molecular weight excluding hydrogens is 433 g/mol. The van der Waals surface area contributed by atoms with Crippen molar-refractivity contribution in [3.05, 3.63) is 46.2 Å². The second-order valence-electron chi connectivity index (χ2n) is 8.53. The first-order chi connectivity index (χ1) is 14.7. The van der Waals surface area contributed by atoms with Crippen LogP contribution in [-0.2, 0) is 11.3 Å². The largest absolute Gasteiger partial charge is 0.378 e. The molecule has 2 aliphatic rings. The van der Waals surface area contributed by atoms with E-state index in [1.54, 1.807) is 13.8 Å². The van der Waals surface area contributed by atoms with Gasteiger partial charge in [-0.15, -0.1) is 0 Å². The lowest BCUT2D eigenvalue weighted by Gasteiger charge is -2.23. The molecule has 1 heterocycles. The Hall–Kier alpha value is -1.87. The number of amides is 1. The van der Waals surface area contributed by atoms with Gasteiger partial charge in [0.05, 0.1) is 0 Å². The van der Waals surface area contributed by atoms with Crippen LogP contribution in [0.5, 0.6) is 0 Å². The fourth-order valence-electron chi connectivity index (χ4n) is 3.55. The van der Waals surface area contributed by atoms with E-state index in [1.165, 1.54) is 32.1 Å². The van der Waals surface area contributed by atoms with E-state index in [9.17, 15) is 9.90 Å². The number of rotatable bonds is 5. The summed E-state index contributed by atoms with van der Waals surface area (Å²) in [4.78, 5) is 11.9. The van der Waals surface area contributed by atoms with E-state index in [4.69, 9.17) is 23.2 Å². The highest BCUT2D eigenvalue weighted by atomic mass is 35.5. The Balaban J connectivity index is 0.000000285. The third kappa shape index (κ3) is 9.03. The fraction of sp³-hybridized carbons (Fsp3) is 0.542. The Morgan fingerprint density at radius 2 is 1.90 bits per heavy atom. The van der Waals surface area contributed by atoms with Crippen LogP contribution in [0.2, 0.25) is 5.02 Å². The highest BCUT2D eigenvalue weighted by molar-refractivity contribution is 6.30. The van der Waals surface area contributed by atoms with Crippen molar-refractivity contribution in [2.45, 2.75) is 70.6 Å². The van der Waals surface area contributed by atoms with Crippen molar-refractivity contribution in [3.63, 3.8) is 0 Å². The molecule has 31 heavy (non-hydrogen) atoms. The van der Waals surface area contributed by atoms with Gasteiger partial charge in [-0.25, -0.2) is 0 Å². The topological polar surface area (TPSA) is 64.6 Å². The van der Waals surface area contributed by atoms with E-state index in [-0.39, 0.29) is 5.62 Å². The summed E-state index contributed by atoms with van der Waals surface area (Å²) in [6, 6.07) is 7.66. The van der Waals surface area contributed by atoms with Gasteiger partial charge in [0.1, 0.15) is 11.3 Å². The van der Waals surface area contributed by atoms with Gasteiger partial charge >= 0.3 is 0 Å². The van der Waals surface area contributed by atoms with E-state index in [2.05, 4.69) is 22.5 Å². The van der Waals surface area contributed by atoms with Crippen molar-refractivity contribution < 1.29 is 9.90 Å². The Morgan fingerprint density at radius 3 is 2.48 bits per heavy atom. The van der Waals surface area contributed by atoms with Gasteiger partial charge in [0.15, 0.2) is 5.62 Å². The molecule has 1 unspecified atom stereocenters. The van der Waals surface area contributed by atoms with Crippen LogP contribution >= 0.6 is 23.2 Å². The maximum atomic E-state index is 9.94. The quantitative estimate of drug-likeness (QED) is 0.257. The van der Waals surface area contributed by atoms with Crippen LogP contribution in [0.4, 0.5) is 0 Å². The van der Waals surface area contributed by atoms with E-state index in [0.29, 0.717) is 11.6 Å². The molecule has 7 heteroatoms. The van der Waals surface area contributed by atoms with Crippen LogP contribution in [0.3, 0.4) is 0 Å². The molecule has 5 nitrogen and oxygen atoms in total. The number of benzene rings is 1. The number of aliphatic hydroxyl groups is 1. The van der Waals surface area contributed by atoms with Crippen molar-refractivity contribution in [2.75, 3.05) is 6.54 Å². The third-order valence-corrected chi connectivity index (χ3v) is 5.90. The normalized spacial score (nSPS) is 19.0. The smallest absolute Gasteiger partial charge is 0.207 e. The third-order valence-electron chi connectivity index (χ3n) is 5.30. The summed E-state index contributed by atoms with van der Waals surface area (Å²) in [6.45, 7) is 6.81. The van der Waals surface area contributed by atoms with Crippen molar-refractivity contribution in [1.82, 2.24) is 15.5 Å². The number of halogens is 2. The second kappa shape index (κ2) is 12.2. The molecule has 1 atom stereocenters. The molecule has 0 bridgehead atoms. The van der Waals surface area contributed by atoms with Crippen molar-refractivity contribution in [1.29, 1.82) is 0 Å². The van der Waals surface area contributed by atoms with Gasteiger partial charge in [0, 0.05) is 23.8 Å². The van der Waals surface area contributed by atoms with Gasteiger partial charge in [-0.3, -0.25) is 4.79 Å². The monoisotopic (exact) mass is 465 g/mol. The summed E-state index contributed by atoms with van der Waals surface area (Å²) in [5, 5.41) is 16.2. The maximum absolute atomic E-state index is 9.94. The molecule has 1 aliphatic carbocycles. The molecule has 3 N–H and O–H groups in total. The minimum atomic E-state index is -1.03. The molecule has 1 aromatic carbocycles. The Labute approximate surface area is 196 Å². The van der Waals surface area contributed by atoms with Crippen LogP contribution in [0, 0.1) is 17.8 Å². The average molecular weight is 466 g/mol. The summed E-state index contributed by atoms with van der Waals surface area (Å²) in [6.07, 6.45) is 7.50. The number of nitrogens with one attached hydrogen (secondary N) is 2. The van der Waals surface area contributed by atoms with E-state index < -0.39 is 5.60 Å². The van der Waals surface area contributed by atoms with E-state index in [1.807, 2.05) is 36.1 Å². The van der Waals surface area contributed by atoms with Crippen LogP contribution in [0.15, 0.2) is 35.7 Å². The van der Waals surface area contributed by atoms with Crippen LogP contribution in [0.25, 0.3) is 0 Å². The van der Waals surface area contributed by atoms with Gasteiger partial charge in [0.2, 0.25) is 6.41 Å².